The van der Waals surface area contributed by atoms with E-state index in [-0.39, 0.29) is 42.0 Å². The van der Waals surface area contributed by atoms with Gasteiger partial charge in [0.1, 0.15) is 18.0 Å². The van der Waals surface area contributed by atoms with E-state index in [4.69, 9.17) is 14.6 Å². The summed E-state index contributed by atoms with van der Waals surface area (Å²) >= 11 is 0. The number of esters is 1. The van der Waals surface area contributed by atoms with E-state index in [1.165, 1.54) is 0 Å². The minimum atomic E-state index is -1.87. The van der Waals surface area contributed by atoms with Crippen molar-refractivity contribution in [3.05, 3.63) is 56.9 Å². The van der Waals surface area contributed by atoms with Gasteiger partial charge in [-0.1, -0.05) is 12.1 Å². The quantitative estimate of drug-likeness (QED) is 0.263. The van der Waals surface area contributed by atoms with Crippen molar-refractivity contribution in [2.24, 2.45) is 5.16 Å². The van der Waals surface area contributed by atoms with Gasteiger partial charge in [-0.15, -0.1) is 0 Å². The number of benzene rings is 1. The van der Waals surface area contributed by atoms with Crippen molar-refractivity contribution < 1.29 is 24.6 Å². The summed E-state index contributed by atoms with van der Waals surface area (Å²) in [5.74, 6) is -0.632. The monoisotopic (exact) mass is 477 g/mol. The molecule has 0 saturated carbocycles. The van der Waals surface area contributed by atoms with Gasteiger partial charge in [0.15, 0.2) is 5.60 Å². The Morgan fingerprint density at radius 1 is 1.29 bits per heavy atom. The maximum absolute atomic E-state index is 13.3. The van der Waals surface area contributed by atoms with E-state index < -0.39 is 17.2 Å². The molecule has 5 rings (SSSR count). The Bertz CT molecular complexity index is 1470. The van der Waals surface area contributed by atoms with Gasteiger partial charge in [0, 0.05) is 34.7 Å². The molecule has 0 aliphatic carbocycles. The number of phenolic OH excluding ortho intramolecular Hbond substituents is 1. The highest BCUT2D eigenvalue weighted by atomic mass is 16.6. The van der Waals surface area contributed by atoms with Crippen molar-refractivity contribution >= 4 is 23.1 Å². The van der Waals surface area contributed by atoms with Crippen LogP contribution in [0.25, 0.3) is 22.3 Å². The number of hydrogen-bond acceptors (Lipinski definition) is 8. The van der Waals surface area contributed by atoms with Crippen molar-refractivity contribution in [2.45, 2.75) is 64.9 Å². The number of phenols is 1. The van der Waals surface area contributed by atoms with E-state index in [0.717, 1.165) is 10.9 Å². The summed E-state index contributed by atoms with van der Waals surface area (Å²) < 4.78 is 6.71. The van der Waals surface area contributed by atoms with Crippen LogP contribution in [-0.2, 0) is 39.5 Å². The second kappa shape index (κ2) is 7.91. The van der Waals surface area contributed by atoms with Crippen LogP contribution < -0.4 is 5.56 Å². The topological polar surface area (TPSA) is 123 Å². The molecule has 2 aromatic heterocycles. The normalized spacial score (nSPS) is 18.9. The highest BCUT2D eigenvalue weighted by Crippen LogP contribution is 2.39. The van der Waals surface area contributed by atoms with Gasteiger partial charge in [-0.3, -0.25) is 4.79 Å². The molecule has 4 heterocycles. The number of hydrogen-bond donors (Lipinski definition) is 2. The first-order valence-electron chi connectivity index (χ1n) is 11.5. The molecule has 2 aliphatic rings. The van der Waals surface area contributed by atoms with Gasteiger partial charge >= 0.3 is 5.97 Å². The Morgan fingerprint density at radius 3 is 2.77 bits per heavy atom. The SMILES string of the molecule is CC[C@@]1(O)C(=O)OCc2c1cc1n(c2=O)Cc2cc3c(CC=NOC(C)(C)C)c(O)ccc3nc2-1. The lowest BCUT2D eigenvalue weighted by molar-refractivity contribution is -0.172. The summed E-state index contributed by atoms with van der Waals surface area (Å²) in [6, 6.07) is 6.90. The number of aromatic nitrogens is 2. The predicted molar refractivity (Wildman–Crippen MR) is 129 cm³/mol. The third-order valence-corrected chi connectivity index (χ3v) is 6.47. The van der Waals surface area contributed by atoms with Crippen LogP contribution in [0.15, 0.2) is 34.2 Å². The van der Waals surface area contributed by atoms with Crippen molar-refractivity contribution in [3.63, 3.8) is 0 Å². The molecule has 9 nitrogen and oxygen atoms in total. The third kappa shape index (κ3) is 3.67. The maximum atomic E-state index is 13.3. The van der Waals surface area contributed by atoms with E-state index in [0.29, 0.717) is 28.9 Å². The molecule has 0 radical (unpaired) electrons. The van der Waals surface area contributed by atoms with Crippen LogP contribution >= 0.6 is 0 Å². The molecule has 0 saturated heterocycles. The Morgan fingerprint density at radius 2 is 2.06 bits per heavy atom. The molecule has 1 aromatic carbocycles. The molecule has 3 aromatic rings. The molecule has 0 bridgehead atoms. The van der Waals surface area contributed by atoms with Crippen LogP contribution in [-0.4, -0.2) is 37.5 Å². The standard InChI is InChI=1S/C26H27N3O6/c1-5-26(33)18-11-20-22-14(12-29(20)23(31)17(18)13-34-24(26)32)10-16-15(8-9-27-35-25(2,3)4)21(30)7-6-19(16)28-22/h6-7,9-11,30,33H,5,8,12-13H2,1-4H3/t26-/m0/s1. The lowest BCUT2D eigenvalue weighted by Crippen LogP contribution is -2.44. The summed E-state index contributed by atoms with van der Waals surface area (Å²) in [4.78, 5) is 35.8. The van der Waals surface area contributed by atoms with Crippen LogP contribution in [0, 0.1) is 0 Å². The second-order valence-corrected chi connectivity index (χ2v) is 9.92. The minimum Gasteiger partial charge on any atom is -0.508 e. The number of nitrogens with zero attached hydrogens (tertiary/aromatic N) is 3. The van der Waals surface area contributed by atoms with Crippen molar-refractivity contribution in [3.8, 4) is 17.1 Å². The largest absolute Gasteiger partial charge is 0.508 e. The average Bonchev–Trinajstić information content (AvgIpc) is 3.16. The number of ether oxygens (including phenoxy) is 1. The van der Waals surface area contributed by atoms with Crippen LogP contribution in [0.3, 0.4) is 0 Å². The van der Waals surface area contributed by atoms with Gasteiger partial charge in [0.05, 0.1) is 29.0 Å². The summed E-state index contributed by atoms with van der Waals surface area (Å²) in [7, 11) is 0. The zero-order chi connectivity index (χ0) is 25.1. The van der Waals surface area contributed by atoms with E-state index in [2.05, 4.69) is 5.16 Å². The Balaban J connectivity index is 1.61. The molecule has 0 unspecified atom stereocenters. The molecule has 0 fully saturated rings. The predicted octanol–water partition coefficient (Wildman–Crippen LogP) is 3.13. The summed E-state index contributed by atoms with van der Waals surface area (Å²) in [6.07, 6.45) is 2.02. The van der Waals surface area contributed by atoms with Crippen LogP contribution in [0.5, 0.6) is 5.75 Å². The zero-order valence-corrected chi connectivity index (χ0v) is 20.1. The molecule has 182 valence electrons. The first kappa shape index (κ1) is 23.0. The van der Waals surface area contributed by atoms with E-state index >= 15 is 0 Å². The minimum absolute atomic E-state index is 0.0862. The van der Waals surface area contributed by atoms with Crippen molar-refractivity contribution in [1.82, 2.24) is 9.55 Å². The van der Waals surface area contributed by atoms with Gasteiger partial charge in [-0.25, -0.2) is 9.78 Å². The number of rotatable bonds is 4. The lowest BCUT2D eigenvalue weighted by Gasteiger charge is -2.31. The number of cyclic esters (lactones) is 1. The van der Waals surface area contributed by atoms with Crippen molar-refractivity contribution in [1.29, 1.82) is 0 Å². The van der Waals surface area contributed by atoms with E-state index in [9.17, 15) is 19.8 Å². The number of carbonyl (C=O) groups is 1. The summed E-state index contributed by atoms with van der Waals surface area (Å²) in [6.45, 7) is 7.48. The van der Waals surface area contributed by atoms with E-state index in [1.54, 1.807) is 35.9 Å². The lowest BCUT2D eigenvalue weighted by atomic mass is 9.86. The number of fused-ring (bicyclic) bond motifs is 5. The highest BCUT2D eigenvalue weighted by molar-refractivity contribution is 5.90. The molecule has 1 atom stereocenters. The highest BCUT2D eigenvalue weighted by Gasteiger charge is 2.45. The molecule has 0 spiro atoms. The number of aromatic hydroxyl groups is 1. The van der Waals surface area contributed by atoms with Crippen molar-refractivity contribution in [2.75, 3.05) is 0 Å². The molecule has 9 heteroatoms. The fourth-order valence-corrected chi connectivity index (χ4v) is 4.64. The molecular weight excluding hydrogens is 450 g/mol. The molecule has 0 amide bonds. The second-order valence-electron chi connectivity index (χ2n) is 9.92. The first-order valence-corrected chi connectivity index (χ1v) is 11.5. The molecule has 2 N–H and O–H groups in total. The Hall–Kier alpha value is -3.72. The number of pyridine rings is 2. The molecule has 35 heavy (non-hydrogen) atoms. The average molecular weight is 478 g/mol. The fourth-order valence-electron chi connectivity index (χ4n) is 4.64. The smallest absolute Gasteiger partial charge is 0.343 e. The van der Waals surface area contributed by atoms with Crippen LogP contribution in [0.1, 0.15) is 56.4 Å². The van der Waals surface area contributed by atoms with Gasteiger partial charge in [-0.2, -0.15) is 0 Å². The maximum Gasteiger partial charge on any atom is 0.343 e. The zero-order valence-electron chi connectivity index (χ0n) is 20.1. The molecular formula is C26H27N3O6. The summed E-state index contributed by atoms with van der Waals surface area (Å²) in [5.41, 5.74) is 1.22. The van der Waals surface area contributed by atoms with E-state index in [1.807, 2.05) is 26.8 Å². The van der Waals surface area contributed by atoms with Gasteiger partial charge < -0.3 is 24.4 Å². The fraction of sp³-hybridized carbons (Fsp3) is 0.385. The van der Waals surface area contributed by atoms with Gasteiger partial charge in [0.2, 0.25) is 0 Å². The van der Waals surface area contributed by atoms with Gasteiger partial charge in [-0.05, 0) is 51.5 Å². The Labute approximate surface area is 201 Å². The molecule has 2 aliphatic heterocycles. The summed E-state index contributed by atoms with van der Waals surface area (Å²) in [5, 5.41) is 26.3. The van der Waals surface area contributed by atoms with Crippen LogP contribution in [0.4, 0.5) is 0 Å². The van der Waals surface area contributed by atoms with Crippen LogP contribution in [0.2, 0.25) is 0 Å². The Kier molecular flexibility index (Phi) is 5.21. The first-order chi connectivity index (χ1) is 16.5. The van der Waals surface area contributed by atoms with Gasteiger partial charge in [0.25, 0.3) is 5.56 Å². The number of aliphatic hydroxyl groups is 1. The number of carbonyl (C=O) groups excluding carboxylic acids is 1. The number of oxime groups is 1. The third-order valence-electron chi connectivity index (χ3n) is 6.47.